The fourth-order valence-electron chi connectivity index (χ4n) is 10.6. The number of para-hydroxylation sites is 2. The number of aliphatic hydroxyl groups is 5. The zero-order valence-electron chi connectivity index (χ0n) is 62.5. The van der Waals surface area contributed by atoms with E-state index in [9.17, 15) is 20.1 Å². The molecule has 26 nitrogen and oxygen atoms in total. The van der Waals surface area contributed by atoms with Crippen LogP contribution in [0.4, 0.5) is 55.8 Å². The maximum atomic E-state index is 11.9. The summed E-state index contributed by atoms with van der Waals surface area (Å²) in [6.45, 7) is 29.2. The smallest absolute Gasteiger partial charge is 0.465 e. The minimum atomic E-state index is -0.535. The number of nitrogens with one attached hydrogen (secondary N) is 1. The summed E-state index contributed by atoms with van der Waals surface area (Å²) in [5.74, 6) is -0.303. The van der Waals surface area contributed by atoms with E-state index in [4.69, 9.17) is 50.0 Å². The lowest BCUT2D eigenvalue weighted by molar-refractivity contribution is -0.117. The highest BCUT2D eigenvalue weighted by atomic mass is 32.1. The first-order valence-corrected chi connectivity index (χ1v) is 35.0. The summed E-state index contributed by atoms with van der Waals surface area (Å²) in [7, 11) is 12.9. The van der Waals surface area contributed by atoms with Crippen LogP contribution in [0.25, 0.3) is 43.8 Å². The molecule has 10 rings (SSSR count). The number of nitrogens with zero attached hydrogens (tertiary/aromatic N) is 17. The number of aryl methyl sites for hydroxylation is 1. The number of carbonyl (C=O) groups is 2. The second-order valence-corrected chi connectivity index (χ2v) is 25.5. The van der Waals surface area contributed by atoms with Crippen LogP contribution in [0, 0.1) is 49.3 Å². The molecule has 0 unspecified atom stereocenters. The summed E-state index contributed by atoms with van der Waals surface area (Å²) in [6, 6.07) is 52.0. The molecule has 0 saturated heterocycles. The maximum Gasteiger partial charge on any atom is 0.519 e. The fraction of sp³-hybridized carbons (Fsp3) is 0.256. The Bertz CT molecular complexity index is 4890. The molecule has 6 aromatic carbocycles. The van der Waals surface area contributed by atoms with Gasteiger partial charge >= 0.3 is 11.8 Å². The van der Waals surface area contributed by atoms with Crippen molar-refractivity contribution in [3.8, 4) is 12.1 Å². The highest BCUT2D eigenvalue weighted by Gasteiger charge is 2.39. The number of anilines is 5. The van der Waals surface area contributed by atoms with Crippen molar-refractivity contribution in [1.29, 1.82) is 10.5 Å². The van der Waals surface area contributed by atoms with Crippen LogP contribution in [-0.2, 0) is 22.0 Å². The van der Waals surface area contributed by atoms with E-state index in [0.29, 0.717) is 64.5 Å². The maximum absolute atomic E-state index is 11.9. The summed E-state index contributed by atoms with van der Waals surface area (Å²) in [5, 5.41) is 82.9. The third-order valence-electron chi connectivity index (χ3n) is 16.9. The van der Waals surface area contributed by atoms with E-state index in [2.05, 4.69) is 92.8 Å². The summed E-state index contributed by atoms with van der Waals surface area (Å²) < 4.78 is 6.71. The lowest BCUT2D eigenvalue weighted by atomic mass is 9.83. The number of aromatic nitrogens is 3. The molecule has 560 valence electrons. The van der Waals surface area contributed by atoms with E-state index >= 15 is 0 Å². The van der Waals surface area contributed by atoms with Gasteiger partial charge in [0.2, 0.25) is 10.9 Å². The minimum absolute atomic E-state index is 0.0497. The van der Waals surface area contributed by atoms with E-state index in [0.717, 1.165) is 73.1 Å². The largest absolute Gasteiger partial charge is 0.519 e. The number of azo groups is 2. The number of amides is 1. The molecule has 6 N–H and O–H groups in total. The zero-order valence-corrected chi connectivity index (χ0v) is 63.3. The van der Waals surface area contributed by atoms with E-state index in [-0.39, 0.29) is 51.0 Å². The molecule has 0 aliphatic carbocycles. The van der Waals surface area contributed by atoms with Crippen LogP contribution in [0.2, 0.25) is 0 Å². The second kappa shape index (κ2) is 43.4. The second-order valence-electron chi connectivity index (χ2n) is 24.6. The number of methoxy groups -OCH3 is 1. The summed E-state index contributed by atoms with van der Waals surface area (Å²) in [6.07, 6.45) is 12.5. The van der Waals surface area contributed by atoms with E-state index in [1.807, 2.05) is 207 Å². The van der Waals surface area contributed by atoms with Crippen molar-refractivity contribution in [1.82, 2.24) is 19.9 Å². The van der Waals surface area contributed by atoms with Crippen molar-refractivity contribution in [3.05, 3.63) is 266 Å². The van der Waals surface area contributed by atoms with Crippen molar-refractivity contribution in [3.63, 3.8) is 0 Å². The van der Waals surface area contributed by atoms with Crippen molar-refractivity contribution in [2.45, 2.75) is 26.2 Å². The fourth-order valence-corrected chi connectivity index (χ4v) is 11.5. The van der Waals surface area contributed by atoms with Crippen molar-refractivity contribution in [2.75, 3.05) is 133 Å². The molecular formula is C82H88N18O8S. The van der Waals surface area contributed by atoms with Crippen LogP contribution in [0.1, 0.15) is 57.6 Å². The summed E-state index contributed by atoms with van der Waals surface area (Å²) in [4.78, 5) is 51.7. The molecule has 0 bridgehead atoms. The van der Waals surface area contributed by atoms with Crippen molar-refractivity contribution < 1.29 is 39.9 Å². The zero-order chi connectivity index (χ0) is 79.4. The lowest BCUT2D eigenvalue weighted by Gasteiger charge is -2.23. The standard InChI is InChI=1S/C20H23N3O4.C17H19N5O.C16H15N5OS.C16H18N2O.C13H13N3O/c1-20(2)15-11-13(19(26)27-4)5-7-16(15)23(3)17(20)8-6-14(12-21)18(25)22-9-10-24;1-21(11-12-23)14-9-7-13(8-10-14)19-20-17-18-15-5-3-4-6-16(15)22(17)2;1-11-14(10-17)16(23-15(11)18-2)20-19-12-4-6-13(7-5-12)21(3)8-9-22;1-18(12-13-19)16-6-4-14(5-7-16)2-3-15-8-10-17-11-9-15;1-14-13(15-2)10-11-4-6-12(7-5-11)16(3)8-9-17/h5-8,11,24H,9-10H2,1-4H3,(H,22,25);3-10,23H,11-12H2,1-2H3;4-7,22H,8-9H2,1,3H3;2-11,19H,12-13H2,1H3;4-7,10,17H,8-9H2,3H3/b14-6+,17-8-;;;;. The van der Waals surface area contributed by atoms with Crippen molar-refractivity contribution >= 4 is 108 Å². The predicted octanol–water partition coefficient (Wildman–Crippen LogP) is 14.3. The number of ether oxygens (including phenoxy) is 1. The Hall–Kier alpha value is -13.0. The van der Waals surface area contributed by atoms with Crippen LogP contribution in [0.3, 0.4) is 0 Å². The normalized spacial score (nSPS) is 12.0. The lowest BCUT2D eigenvalue weighted by Crippen LogP contribution is -2.27. The highest BCUT2D eigenvalue weighted by Crippen LogP contribution is 2.47. The number of imidazole rings is 1. The SMILES string of the molecule is CN(CCO)c1ccc(C=Cc2ccncc2)cc1.CN(CCO)c1ccc(N=Nc2nc3ccccc3n2C)cc1.COC(=O)c1ccc2c(c1)C(C)(C)/C(=C/C=C(\C#N)C(=O)NCCO)N2C.[C-]#[N+]C(=Cc1ccc(N(C)CCO)cc1)[N+]#[C-].[C-]#[N+]c1sc(N=Nc2ccc(N(C)CCO)cc2)c(C#N)c1C. The quantitative estimate of drug-likeness (QED) is 0.0108. The molecule has 4 heterocycles. The Balaban J connectivity index is 0.000000215. The van der Waals surface area contributed by atoms with Gasteiger partial charge < -0.3 is 64.7 Å². The number of carbonyl (C=O) groups excluding carboxylic acids is 2. The predicted molar refractivity (Wildman–Crippen MR) is 432 cm³/mol. The molecule has 9 aromatic rings. The molecule has 0 spiro atoms. The number of hydrogen-bond acceptors (Lipinski definition) is 22. The average molecular weight is 1490 g/mol. The number of hydrogen-bond donors (Lipinski definition) is 6. The van der Waals surface area contributed by atoms with Gasteiger partial charge in [0, 0.05) is 133 Å². The molecule has 0 saturated carbocycles. The molecule has 1 aliphatic rings. The summed E-state index contributed by atoms with van der Waals surface area (Å²) >= 11 is 1.17. The number of benzene rings is 6. The Morgan fingerprint density at radius 2 is 1.16 bits per heavy atom. The molecule has 27 heteroatoms. The Labute approximate surface area is 640 Å². The number of nitriles is 2. The first-order chi connectivity index (χ1) is 52.6. The Kier molecular flexibility index (Phi) is 33.8. The van der Waals surface area contributed by atoms with Crippen LogP contribution in [-0.4, -0.2) is 160 Å². The number of aliphatic hydroxyl groups excluding tert-OH is 5. The van der Waals surface area contributed by atoms with Gasteiger partial charge in [0.1, 0.15) is 35.9 Å². The van der Waals surface area contributed by atoms with Crippen LogP contribution in [0.15, 0.2) is 214 Å². The minimum Gasteiger partial charge on any atom is -0.465 e. The number of allylic oxidation sites excluding steroid dienone is 3. The monoisotopic (exact) mass is 1480 g/mol. The molecule has 0 atom stereocenters. The number of fused-ring (bicyclic) bond motifs is 2. The highest BCUT2D eigenvalue weighted by molar-refractivity contribution is 7.20. The van der Waals surface area contributed by atoms with E-state index in [1.165, 1.54) is 24.5 Å². The number of esters is 1. The number of rotatable bonds is 24. The third-order valence-corrected chi connectivity index (χ3v) is 18.0. The number of likely N-dealkylation sites (N-methyl/N-ethyl adjacent to an activating group) is 5. The van der Waals surface area contributed by atoms with Gasteiger partial charge in [0.05, 0.1) is 80.3 Å². The first-order valence-electron chi connectivity index (χ1n) is 34.1. The Morgan fingerprint density at radius 3 is 1.62 bits per heavy atom. The van der Waals surface area contributed by atoms with Crippen LogP contribution >= 0.6 is 11.3 Å². The van der Waals surface area contributed by atoms with Gasteiger partial charge in [-0.15, -0.1) is 31.8 Å². The van der Waals surface area contributed by atoms with Gasteiger partial charge in [-0.3, -0.25) is 9.78 Å². The molecule has 0 fully saturated rings. The average Bonchev–Trinajstić information content (AvgIpc) is 1.59. The first kappa shape index (κ1) is 84.9. The van der Waals surface area contributed by atoms with E-state index in [1.54, 1.807) is 43.6 Å². The third kappa shape index (κ3) is 24.5. The van der Waals surface area contributed by atoms with Crippen LogP contribution < -0.4 is 29.8 Å². The molecular weight excluding hydrogens is 1400 g/mol. The van der Waals surface area contributed by atoms with E-state index < -0.39 is 17.3 Å². The molecule has 0 radical (unpaired) electrons. The molecule has 109 heavy (non-hydrogen) atoms. The van der Waals surface area contributed by atoms with Gasteiger partial charge in [-0.25, -0.2) is 14.6 Å². The molecule has 1 aliphatic heterocycles. The van der Waals surface area contributed by atoms with Crippen molar-refractivity contribution in [2.24, 2.45) is 27.5 Å². The van der Waals surface area contributed by atoms with Gasteiger partial charge in [-0.1, -0.05) is 62.4 Å². The van der Waals surface area contributed by atoms with Gasteiger partial charge in [-0.2, -0.15) is 20.2 Å². The molecule has 1 amide bonds. The molecule has 3 aromatic heterocycles. The number of thiophene rings is 1. The number of pyridine rings is 1. The summed E-state index contributed by atoms with van der Waals surface area (Å²) in [5.41, 5.74) is 14.4. The topological polar surface area (TPSA) is 314 Å². The van der Waals surface area contributed by atoms with Gasteiger partial charge in [0.15, 0.2) is 0 Å². The van der Waals surface area contributed by atoms with Gasteiger partial charge in [0.25, 0.3) is 5.91 Å². The van der Waals surface area contributed by atoms with Crippen LogP contribution in [0.5, 0.6) is 0 Å². The van der Waals surface area contributed by atoms with Gasteiger partial charge in [-0.05, 0) is 162 Å². The Morgan fingerprint density at radius 1 is 0.661 bits per heavy atom.